The van der Waals surface area contributed by atoms with Crippen LogP contribution in [-0.4, -0.2) is 206 Å². The number of rotatable bonds is 10. The van der Waals surface area contributed by atoms with E-state index in [2.05, 4.69) is 67.1 Å². The minimum Gasteiger partial charge on any atom is -0.458 e. The average Bonchev–Trinajstić information content (AvgIpc) is 1.43. The first-order valence-electron chi connectivity index (χ1n) is 48.7. The van der Waals surface area contributed by atoms with Gasteiger partial charge in [-0.3, -0.25) is 9.59 Å². The second kappa shape index (κ2) is 29.1. The molecule has 0 aromatic heterocycles. The van der Waals surface area contributed by atoms with Crippen LogP contribution in [0.4, 0.5) is 14.4 Å². The Morgan fingerprint density at radius 3 is 1.17 bits per heavy atom. The number of allylic oxidation sites excluding steroid dienone is 2. The van der Waals surface area contributed by atoms with E-state index in [1.807, 2.05) is 81.4 Å². The number of aliphatic hydroxyl groups is 2. The lowest BCUT2D eigenvalue weighted by Crippen LogP contribution is -2.70. The number of aliphatic hydroxyl groups excluding tert-OH is 2. The number of epoxide rings is 9. The first-order valence-corrected chi connectivity index (χ1v) is 48.7. The molecule has 0 bridgehead atoms. The predicted molar refractivity (Wildman–Crippen MR) is 462 cm³/mol. The van der Waals surface area contributed by atoms with Crippen molar-refractivity contribution in [2.75, 3.05) is 6.61 Å². The summed E-state index contributed by atoms with van der Waals surface area (Å²) in [7, 11) is 0. The molecule has 712 valence electrons. The van der Waals surface area contributed by atoms with E-state index in [9.17, 15) is 48.6 Å². The van der Waals surface area contributed by atoms with Gasteiger partial charge in [-0.2, -0.15) is 0 Å². The fraction of sp³-hybridized carbons (Fsp3) is 0.709. The number of esters is 5. The fourth-order valence-corrected chi connectivity index (χ4v) is 29.2. The summed E-state index contributed by atoms with van der Waals surface area (Å²) in [5, 5.41) is 23.3. The van der Waals surface area contributed by atoms with E-state index >= 15 is 0 Å². The van der Waals surface area contributed by atoms with Crippen LogP contribution in [-0.2, 0) is 114 Å². The quantitative estimate of drug-likeness (QED) is 0.0733. The number of carbonyl (C=O) groups is 8. The molecule has 25 rings (SSSR count). The Balaban J connectivity index is 0.000000111. The highest BCUT2D eigenvalue weighted by molar-refractivity contribution is 5.99. The molecule has 6 spiro atoms. The van der Waals surface area contributed by atoms with E-state index in [1.54, 1.807) is 41.5 Å². The van der Waals surface area contributed by atoms with Gasteiger partial charge in [-0.05, 0) is 187 Å². The van der Waals surface area contributed by atoms with Crippen molar-refractivity contribution in [1.82, 2.24) is 0 Å². The Hall–Kier alpha value is -7.94. The molecule has 0 radical (unpaired) electrons. The van der Waals surface area contributed by atoms with Gasteiger partial charge in [0.2, 0.25) is 0 Å². The van der Waals surface area contributed by atoms with Crippen molar-refractivity contribution >= 4 is 59.8 Å². The molecule has 23 aliphatic rings. The highest BCUT2D eigenvalue weighted by atomic mass is 16.8. The summed E-state index contributed by atoms with van der Waals surface area (Å²) < 4.78 is 115. The standard InChI is InChI=1S/C39H46O10.C34H38O8.C20H24O6.C10H18O5/c1-20(2)37-29(47-37)30-39(48-30)36(6)18-17-23-26(24(36)19-25-38(39,46-25)33(37)45-34(42)49-35(3,4)5)28(44-32(23)41)27(21-13-9-7-10-14-21)43-31(40)22-15-11-8-12-16-22;1-17(2)32-26(41-32)27-34(42-27)31(3)15-14-20-23(21(31)16-22-33(34,40-22)30(32)37)25(39-29(20)36)24(18-10-6-4-7-11-18)38-28(35)19-12-8-5-9-13-19;1-8(2)18-13(25-18)14-20(26-14)17(3)5-4-9-10(7-23-15(9)21)11(17)6-12-19(20,24-12)16(18)22;1-9(2,3)14-7(11)13-8(12)15-10(4,5)6/h7,9-10,13-14,20,22,24-25,29-30,33H,8,11-12,15-19H2,1-6H3;4,6-7,10-11,17,19,21-22,26-27,30,37H,5,8-9,12-16H2,1-3H3;8,11-14,16,22H,4-7H2,1-3H3;1-6H3/b28-27+;25-24+;;/t24-,25-,29-,30-,33+,36-,37-,38+,39+;21-,22-,26-,27-,30+,31-,32-,33+,34+;11-,12-,13-,14-,16+,17-,18-,19+,20+;/m000./s1. The number of carbonyl (C=O) groups excluding carboxylic acids is 8. The largest absolute Gasteiger partial charge is 0.519 e. The molecule has 0 unspecified atom stereocenters. The van der Waals surface area contributed by atoms with Crippen molar-refractivity contribution in [3.05, 3.63) is 117 Å². The molecule has 29 nitrogen and oxygen atoms in total. The Morgan fingerprint density at radius 1 is 0.409 bits per heavy atom. The third kappa shape index (κ3) is 12.1. The van der Waals surface area contributed by atoms with Crippen LogP contribution in [0.2, 0.25) is 0 Å². The molecule has 2 aromatic rings. The van der Waals surface area contributed by atoms with Crippen molar-refractivity contribution < 1.29 is 139 Å². The third-order valence-corrected chi connectivity index (χ3v) is 35.5. The topological polar surface area (TPSA) is 382 Å². The maximum Gasteiger partial charge on any atom is 0.519 e. The van der Waals surface area contributed by atoms with Crippen LogP contribution in [0.5, 0.6) is 0 Å². The summed E-state index contributed by atoms with van der Waals surface area (Å²) in [6, 6.07) is 19.0. The first-order chi connectivity index (χ1) is 62.3. The Labute approximate surface area is 768 Å². The molecule has 12 aliphatic heterocycles. The molecule has 2 aromatic carbocycles. The molecule has 132 heavy (non-hydrogen) atoms. The minimum atomic E-state index is -1.06. The van der Waals surface area contributed by atoms with E-state index < -0.39 is 121 Å². The molecule has 27 atom stereocenters. The highest BCUT2D eigenvalue weighted by Crippen LogP contribution is 2.87. The third-order valence-electron chi connectivity index (χ3n) is 35.5. The summed E-state index contributed by atoms with van der Waals surface area (Å²) in [4.78, 5) is 102. The molecule has 12 heterocycles. The molecule has 0 amide bonds. The highest BCUT2D eigenvalue weighted by Gasteiger charge is 3.04. The van der Waals surface area contributed by atoms with Crippen LogP contribution >= 0.6 is 0 Å². The summed E-state index contributed by atoms with van der Waals surface area (Å²) >= 11 is 0. The smallest absolute Gasteiger partial charge is 0.458 e. The number of fused-ring (bicyclic) bond motifs is 12. The van der Waals surface area contributed by atoms with Crippen LogP contribution in [0.3, 0.4) is 0 Å². The van der Waals surface area contributed by atoms with Gasteiger partial charge in [-0.25, -0.2) is 28.8 Å². The molecule has 17 fully saturated rings. The second-order valence-corrected chi connectivity index (χ2v) is 46.3. The van der Waals surface area contributed by atoms with E-state index in [1.165, 1.54) is 0 Å². The van der Waals surface area contributed by atoms with Gasteiger partial charge >= 0.3 is 48.3 Å². The normalized spacial score (nSPS) is 44.5. The van der Waals surface area contributed by atoms with Gasteiger partial charge in [0, 0.05) is 55.2 Å². The van der Waals surface area contributed by atoms with Gasteiger partial charge in [-0.1, -0.05) is 162 Å². The van der Waals surface area contributed by atoms with Gasteiger partial charge in [0.15, 0.2) is 45.9 Å². The summed E-state index contributed by atoms with van der Waals surface area (Å²) in [6.07, 6.45) is 8.98. The van der Waals surface area contributed by atoms with Gasteiger partial charge in [0.05, 0.1) is 30.1 Å². The summed E-state index contributed by atoms with van der Waals surface area (Å²) in [5.74, 6) is -0.219. The molecular formula is C103H126O29. The van der Waals surface area contributed by atoms with Crippen LogP contribution < -0.4 is 0 Å². The maximum absolute atomic E-state index is 13.6. The van der Waals surface area contributed by atoms with E-state index in [0.29, 0.717) is 84.7 Å². The fourth-order valence-electron chi connectivity index (χ4n) is 29.2. The Morgan fingerprint density at radius 2 is 0.765 bits per heavy atom. The molecule has 2 N–H and O–H groups in total. The van der Waals surface area contributed by atoms with Crippen LogP contribution in [0, 0.1) is 63.6 Å². The molecule has 29 heteroatoms. The molecule has 9 saturated heterocycles. The van der Waals surface area contributed by atoms with Gasteiger partial charge in [0.25, 0.3) is 0 Å². The monoisotopic (exact) mass is 1830 g/mol. The second-order valence-electron chi connectivity index (χ2n) is 46.3. The minimum absolute atomic E-state index is 0.00808. The summed E-state index contributed by atoms with van der Waals surface area (Å²) in [5.41, 5.74) is -3.22. The number of benzene rings is 2. The number of hydrogen-bond donors (Lipinski definition) is 2. The van der Waals surface area contributed by atoms with E-state index in [0.717, 1.165) is 106 Å². The zero-order valence-electron chi connectivity index (χ0n) is 78.9. The zero-order chi connectivity index (χ0) is 93.2. The van der Waals surface area contributed by atoms with Crippen LogP contribution in [0.25, 0.3) is 11.5 Å². The van der Waals surface area contributed by atoms with Crippen molar-refractivity contribution in [2.24, 2.45) is 63.6 Å². The van der Waals surface area contributed by atoms with E-state index in [-0.39, 0.29) is 137 Å². The maximum atomic E-state index is 13.6. The predicted octanol–water partition coefficient (Wildman–Crippen LogP) is 15.1. The van der Waals surface area contributed by atoms with E-state index in [4.69, 9.17) is 85.3 Å². The Kier molecular flexibility index (Phi) is 19.7. The van der Waals surface area contributed by atoms with Crippen molar-refractivity contribution in [1.29, 1.82) is 0 Å². The van der Waals surface area contributed by atoms with Gasteiger partial charge in [-0.15, -0.1) is 0 Å². The van der Waals surface area contributed by atoms with Crippen molar-refractivity contribution in [3.63, 3.8) is 0 Å². The lowest BCUT2D eigenvalue weighted by molar-refractivity contribution is -0.143. The molecular weight excluding hydrogens is 1700 g/mol. The number of cyclic esters (lactones) is 3. The lowest BCUT2D eigenvalue weighted by atomic mass is 9.46. The summed E-state index contributed by atoms with van der Waals surface area (Å²) in [6.45, 7) is 35.2. The van der Waals surface area contributed by atoms with Gasteiger partial charge in [0.1, 0.15) is 106 Å². The number of hydrogen-bond acceptors (Lipinski definition) is 29. The van der Waals surface area contributed by atoms with Crippen molar-refractivity contribution in [2.45, 2.75) is 387 Å². The lowest BCUT2D eigenvalue weighted by Gasteiger charge is -2.53. The zero-order valence-corrected chi connectivity index (χ0v) is 78.9. The van der Waals surface area contributed by atoms with Crippen LogP contribution in [0.15, 0.2) is 106 Å². The average molecular weight is 1830 g/mol. The Bertz CT molecular complexity index is 5410. The van der Waals surface area contributed by atoms with Gasteiger partial charge < -0.3 is 100 Å². The van der Waals surface area contributed by atoms with Crippen molar-refractivity contribution in [3.8, 4) is 0 Å². The SMILES string of the molecule is CC(C)(C)OC(=O)OC(=O)OC(C)(C)C.CC(C)[C@]12O[C@H]1[C@@H]1O[C@]13[C@]1(O[C@H]1C[C@H]1C4=C(CC[C@@]13C)C(=O)O/C4=C(/OC(=O)C1CCCCC1)c1ccccc1)[C@@H]2O.CC(C)[C@]12O[C@H]1[C@@H]1O[C@]13[C@]1(O[C@H]1C[C@H]1C4=C(CC[C@@]13C)C(=O)O/C4=C(/OC(=O)C1CCCCC1)c1ccccc1)[C@@H]2OC(=O)OC(C)(C)C.CC(C)[C@]12O[C@H]1[C@@H]1O[C@]13[C@]1(O[C@H]1C[C@H]1C4=C(CC[C@@]13C)C(=O)OC4)[C@@H]2O. The van der Waals surface area contributed by atoms with Crippen LogP contribution in [0.1, 0.15) is 258 Å². The molecule has 8 saturated carbocycles. The molecule has 11 aliphatic carbocycles. The first kappa shape index (κ1) is 89.3. The number of ether oxygens (including phenoxy) is 19.